The molecule has 5 rings (SSSR count). The van der Waals surface area contributed by atoms with Crippen molar-refractivity contribution < 1.29 is 14.3 Å². The van der Waals surface area contributed by atoms with E-state index in [9.17, 15) is 9.59 Å². The standard InChI is InChI=1S/C17H25NO3/c1-10-2-14(10)16(20)21-9-15(19)18-17-6-11-3-12(7-17)5-13(4-11)8-17/h10-14H,2-9H2,1H3,(H,18,19)/t10-,11?,12?,13?,14-,17?/m0/s1. The van der Waals surface area contributed by atoms with Gasteiger partial charge in [0.1, 0.15) is 0 Å². The fourth-order valence-corrected chi connectivity index (χ4v) is 5.49. The van der Waals surface area contributed by atoms with Crippen molar-refractivity contribution in [1.82, 2.24) is 5.32 Å². The van der Waals surface area contributed by atoms with Crippen LogP contribution < -0.4 is 5.32 Å². The molecule has 4 bridgehead atoms. The van der Waals surface area contributed by atoms with Crippen molar-refractivity contribution in [1.29, 1.82) is 0 Å². The smallest absolute Gasteiger partial charge is 0.309 e. The van der Waals surface area contributed by atoms with Gasteiger partial charge in [0.05, 0.1) is 5.92 Å². The van der Waals surface area contributed by atoms with Crippen molar-refractivity contribution in [3.8, 4) is 0 Å². The summed E-state index contributed by atoms with van der Waals surface area (Å²) in [5, 5.41) is 3.23. The second-order valence-corrected chi connectivity index (χ2v) is 8.17. The predicted octanol–water partition coefficient (Wildman–Crippen LogP) is 2.27. The van der Waals surface area contributed by atoms with E-state index >= 15 is 0 Å². The average Bonchev–Trinajstić information content (AvgIpc) is 3.11. The van der Waals surface area contributed by atoms with Crippen molar-refractivity contribution in [2.75, 3.05) is 6.61 Å². The highest BCUT2D eigenvalue weighted by atomic mass is 16.5. The van der Waals surface area contributed by atoms with Crippen LogP contribution in [0, 0.1) is 29.6 Å². The second kappa shape index (κ2) is 4.72. The van der Waals surface area contributed by atoms with E-state index in [-0.39, 0.29) is 29.9 Å². The second-order valence-electron chi connectivity index (χ2n) is 8.17. The van der Waals surface area contributed by atoms with Gasteiger partial charge >= 0.3 is 5.97 Å². The molecule has 5 saturated carbocycles. The molecule has 4 nitrogen and oxygen atoms in total. The lowest BCUT2D eigenvalue weighted by molar-refractivity contribution is -0.151. The van der Waals surface area contributed by atoms with Crippen LogP contribution in [-0.2, 0) is 14.3 Å². The number of rotatable bonds is 4. The van der Waals surface area contributed by atoms with Gasteiger partial charge in [0.25, 0.3) is 5.91 Å². The molecular formula is C17H25NO3. The lowest BCUT2D eigenvalue weighted by Gasteiger charge is -2.56. The van der Waals surface area contributed by atoms with E-state index in [0.717, 1.165) is 43.4 Å². The number of carbonyl (C=O) groups excluding carboxylic acids is 2. The summed E-state index contributed by atoms with van der Waals surface area (Å²) in [6.45, 7) is 1.95. The summed E-state index contributed by atoms with van der Waals surface area (Å²) in [7, 11) is 0. The van der Waals surface area contributed by atoms with Gasteiger partial charge in [-0.3, -0.25) is 9.59 Å². The van der Waals surface area contributed by atoms with Crippen molar-refractivity contribution in [2.24, 2.45) is 29.6 Å². The average molecular weight is 291 g/mol. The summed E-state index contributed by atoms with van der Waals surface area (Å²) >= 11 is 0. The molecule has 5 aliphatic rings. The van der Waals surface area contributed by atoms with Crippen molar-refractivity contribution in [3.63, 3.8) is 0 Å². The van der Waals surface area contributed by atoms with E-state index in [4.69, 9.17) is 4.74 Å². The van der Waals surface area contributed by atoms with E-state index in [0.29, 0.717) is 5.92 Å². The van der Waals surface area contributed by atoms with Gasteiger partial charge in [-0.2, -0.15) is 0 Å². The number of carbonyl (C=O) groups is 2. The minimum Gasteiger partial charge on any atom is -0.455 e. The lowest BCUT2D eigenvalue weighted by atomic mass is 9.53. The molecule has 2 atom stereocenters. The molecular weight excluding hydrogens is 266 g/mol. The first-order valence-corrected chi connectivity index (χ1v) is 8.51. The number of ether oxygens (including phenoxy) is 1. The Bertz CT molecular complexity index is 437. The molecule has 0 spiro atoms. The Labute approximate surface area is 126 Å². The first-order chi connectivity index (χ1) is 10.0. The highest BCUT2D eigenvalue weighted by Gasteiger charge is 2.51. The predicted molar refractivity (Wildman–Crippen MR) is 77.3 cm³/mol. The molecule has 0 radical (unpaired) electrons. The van der Waals surface area contributed by atoms with E-state index in [1.807, 2.05) is 6.92 Å². The summed E-state index contributed by atoms with van der Waals surface area (Å²) in [5.74, 6) is 2.62. The molecule has 0 aromatic heterocycles. The maximum absolute atomic E-state index is 12.2. The highest BCUT2D eigenvalue weighted by molar-refractivity contribution is 5.82. The number of hydrogen-bond acceptors (Lipinski definition) is 3. The molecule has 21 heavy (non-hydrogen) atoms. The zero-order valence-electron chi connectivity index (χ0n) is 12.8. The molecule has 5 fully saturated rings. The van der Waals surface area contributed by atoms with Crippen molar-refractivity contribution in [3.05, 3.63) is 0 Å². The van der Waals surface area contributed by atoms with Gasteiger partial charge in [0, 0.05) is 5.54 Å². The van der Waals surface area contributed by atoms with Crippen molar-refractivity contribution >= 4 is 11.9 Å². The fourth-order valence-electron chi connectivity index (χ4n) is 5.49. The van der Waals surface area contributed by atoms with Gasteiger partial charge in [-0.1, -0.05) is 6.92 Å². The van der Waals surface area contributed by atoms with Gasteiger partial charge in [-0.05, 0) is 68.6 Å². The Balaban J connectivity index is 1.31. The first kappa shape index (κ1) is 13.6. The Morgan fingerprint density at radius 3 is 2.05 bits per heavy atom. The quantitative estimate of drug-likeness (QED) is 0.808. The van der Waals surface area contributed by atoms with Gasteiger partial charge in [0.15, 0.2) is 6.61 Å². The van der Waals surface area contributed by atoms with Gasteiger partial charge in [-0.15, -0.1) is 0 Å². The summed E-state index contributed by atoms with van der Waals surface area (Å²) in [6.07, 6.45) is 8.42. The Kier molecular flexibility index (Phi) is 3.05. The zero-order chi connectivity index (χ0) is 14.6. The molecule has 0 aromatic rings. The van der Waals surface area contributed by atoms with Crippen LogP contribution in [0.4, 0.5) is 0 Å². The molecule has 0 aromatic carbocycles. The number of nitrogens with one attached hydrogen (secondary N) is 1. The Morgan fingerprint density at radius 1 is 1.05 bits per heavy atom. The molecule has 0 unspecified atom stereocenters. The largest absolute Gasteiger partial charge is 0.455 e. The van der Waals surface area contributed by atoms with Gasteiger partial charge in [0.2, 0.25) is 0 Å². The molecule has 1 amide bonds. The van der Waals surface area contributed by atoms with E-state index in [2.05, 4.69) is 5.32 Å². The maximum atomic E-state index is 12.2. The van der Waals surface area contributed by atoms with Crippen LogP contribution in [0.2, 0.25) is 0 Å². The number of esters is 1. The monoisotopic (exact) mass is 291 g/mol. The van der Waals surface area contributed by atoms with Gasteiger partial charge < -0.3 is 10.1 Å². The summed E-state index contributed by atoms with van der Waals surface area (Å²) in [6, 6.07) is 0. The number of amides is 1. The van der Waals surface area contributed by atoms with Crippen LogP contribution in [0.25, 0.3) is 0 Å². The van der Waals surface area contributed by atoms with Crippen LogP contribution >= 0.6 is 0 Å². The maximum Gasteiger partial charge on any atom is 0.309 e. The molecule has 1 N–H and O–H groups in total. The normalized spacial score (nSPS) is 46.2. The van der Waals surface area contributed by atoms with Crippen LogP contribution in [0.3, 0.4) is 0 Å². The molecule has 0 aliphatic heterocycles. The zero-order valence-corrected chi connectivity index (χ0v) is 12.8. The third-order valence-electron chi connectivity index (χ3n) is 6.20. The fraction of sp³-hybridized carbons (Fsp3) is 0.882. The minimum absolute atomic E-state index is 0.0190. The first-order valence-electron chi connectivity index (χ1n) is 8.51. The van der Waals surface area contributed by atoms with Crippen LogP contribution in [-0.4, -0.2) is 24.0 Å². The van der Waals surface area contributed by atoms with Crippen LogP contribution in [0.5, 0.6) is 0 Å². The SMILES string of the molecule is C[C@H]1C[C@@H]1C(=O)OCC(=O)NC12CC3CC(CC(C3)C1)C2. The molecule has 0 saturated heterocycles. The Morgan fingerprint density at radius 2 is 1.57 bits per heavy atom. The van der Waals surface area contributed by atoms with E-state index < -0.39 is 0 Å². The van der Waals surface area contributed by atoms with Crippen LogP contribution in [0.1, 0.15) is 51.9 Å². The van der Waals surface area contributed by atoms with E-state index in [1.54, 1.807) is 0 Å². The molecule has 5 aliphatic carbocycles. The molecule has 4 heteroatoms. The minimum atomic E-state index is -0.192. The third-order valence-corrected chi connectivity index (χ3v) is 6.20. The van der Waals surface area contributed by atoms with Crippen molar-refractivity contribution in [2.45, 2.75) is 57.4 Å². The van der Waals surface area contributed by atoms with Crippen LogP contribution in [0.15, 0.2) is 0 Å². The Hall–Kier alpha value is -1.06. The van der Waals surface area contributed by atoms with E-state index in [1.165, 1.54) is 19.3 Å². The third kappa shape index (κ3) is 2.58. The summed E-state index contributed by atoms with van der Waals surface area (Å²) < 4.78 is 5.16. The lowest BCUT2D eigenvalue weighted by Crippen LogP contribution is -2.60. The van der Waals surface area contributed by atoms with Gasteiger partial charge in [-0.25, -0.2) is 0 Å². The highest BCUT2D eigenvalue weighted by Crippen LogP contribution is 2.55. The topological polar surface area (TPSA) is 55.4 Å². The molecule has 0 heterocycles. The summed E-state index contributed by atoms with van der Waals surface area (Å²) in [5.41, 5.74) is 0.0190. The summed E-state index contributed by atoms with van der Waals surface area (Å²) in [4.78, 5) is 23.9. The number of hydrogen-bond donors (Lipinski definition) is 1. The molecule has 116 valence electrons.